The Morgan fingerprint density at radius 2 is 2.11 bits per heavy atom. The lowest BCUT2D eigenvalue weighted by Crippen LogP contribution is -2.29. The number of carbonyl (C=O) groups excluding carboxylic acids is 2. The molecule has 2 aromatic rings. The number of halogens is 2. The zero-order chi connectivity index (χ0) is 19.4. The first-order chi connectivity index (χ1) is 13.0. The number of Topliss-reactive ketones (excluding diaryl/α,β-unsaturated/α-hetero) is 1. The highest BCUT2D eigenvalue weighted by molar-refractivity contribution is 6.32. The van der Waals surface area contributed by atoms with E-state index in [9.17, 15) is 9.59 Å². The molecule has 0 radical (unpaired) electrons. The molecule has 1 aliphatic carbocycles. The van der Waals surface area contributed by atoms with Gasteiger partial charge in [0.15, 0.2) is 11.9 Å². The largest absolute Gasteiger partial charge is 0.451 e. The Kier molecular flexibility index (Phi) is 6.34. The number of aromatic nitrogens is 2. The monoisotopic (exact) mass is 406 g/mol. The molecule has 1 aliphatic rings. The molecule has 1 aromatic carbocycles. The van der Waals surface area contributed by atoms with E-state index in [-0.39, 0.29) is 5.78 Å². The van der Waals surface area contributed by atoms with Crippen molar-refractivity contribution in [3.63, 3.8) is 0 Å². The van der Waals surface area contributed by atoms with Gasteiger partial charge in [0.25, 0.3) is 0 Å². The second-order valence-corrected chi connectivity index (χ2v) is 7.28. The van der Waals surface area contributed by atoms with Crippen LogP contribution < -0.4 is 0 Å². The summed E-state index contributed by atoms with van der Waals surface area (Å²) in [5, 5.41) is 5.47. The fourth-order valence-corrected chi connectivity index (χ4v) is 3.55. The van der Waals surface area contributed by atoms with E-state index in [4.69, 9.17) is 27.9 Å². The molecule has 1 heterocycles. The lowest BCUT2D eigenvalue weighted by molar-refractivity contribution is -0.152. The zero-order valence-electron chi connectivity index (χ0n) is 15.0. The van der Waals surface area contributed by atoms with Crippen LogP contribution in [-0.4, -0.2) is 27.6 Å². The molecule has 27 heavy (non-hydrogen) atoms. The summed E-state index contributed by atoms with van der Waals surface area (Å²) in [5.74, 6) is -0.561. The normalized spacial score (nSPS) is 17.4. The molecule has 0 N–H and O–H groups in total. The first-order valence-electron chi connectivity index (χ1n) is 8.83. The summed E-state index contributed by atoms with van der Waals surface area (Å²) >= 11 is 12.6. The zero-order valence-corrected chi connectivity index (χ0v) is 16.5. The predicted molar refractivity (Wildman–Crippen MR) is 105 cm³/mol. The van der Waals surface area contributed by atoms with Crippen molar-refractivity contribution in [2.45, 2.75) is 45.3 Å². The molecule has 5 nitrogen and oxygen atoms in total. The van der Waals surface area contributed by atoms with Crippen molar-refractivity contribution in [3.8, 4) is 0 Å². The van der Waals surface area contributed by atoms with Gasteiger partial charge in [0, 0.05) is 23.1 Å². The molecular weight excluding hydrogens is 387 g/mol. The molecule has 1 atom stereocenters. The van der Waals surface area contributed by atoms with Crippen LogP contribution in [-0.2, 0) is 20.9 Å². The van der Waals surface area contributed by atoms with Gasteiger partial charge in [0.2, 0.25) is 0 Å². The third-order valence-electron chi connectivity index (χ3n) is 4.53. The second kappa shape index (κ2) is 8.72. The number of hydrogen-bond donors (Lipinski definition) is 0. The minimum Gasteiger partial charge on any atom is -0.451 e. The van der Waals surface area contributed by atoms with Gasteiger partial charge < -0.3 is 4.74 Å². The molecule has 142 valence electrons. The summed E-state index contributed by atoms with van der Waals surface area (Å²) in [5.41, 5.74) is 2.22. The number of hydrogen-bond acceptors (Lipinski definition) is 4. The Bertz CT molecular complexity index is 889. The molecule has 3 rings (SSSR count). The van der Waals surface area contributed by atoms with Gasteiger partial charge in [-0.3, -0.25) is 4.79 Å². The van der Waals surface area contributed by atoms with Gasteiger partial charge in [-0.05, 0) is 43.9 Å². The van der Waals surface area contributed by atoms with Gasteiger partial charge in [-0.25, -0.2) is 9.48 Å². The van der Waals surface area contributed by atoms with Gasteiger partial charge in [0.1, 0.15) is 5.15 Å². The van der Waals surface area contributed by atoms with E-state index in [1.54, 1.807) is 10.8 Å². The first-order valence-corrected chi connectivity index (χ1v) is 9.59. The number of carbonyl (C=O) groups is 2. The van der Waals surface area contributed by atoms with Gasteiger partial charge in [-0.15, -0.1) is 0 Å². The summed E-state index contributed by atoms with van der Waals surface area (Å²) in [6, 6.07) is 7.47. The lowest BCUT2D eigenvalue weighted by atomic mass is 9.96. The van der Waals surface area contributed by atoms with E-state index >= 15 is 0 Å². The minimum absolute atomic E-state index is 0.00947. The molecule has 0 aliphatic heterocycles. The maximum Gasteiger partial charge on any atom is 0.331 e. The van der Waals surface area contributed by atoms with E-state index in [0.29, 0.717) is 40.8 Å². The van der Waals surface area contributed by atoms with Gasteiger partial charge in [-0.2, -0.15) is 5.10 Å². The van der Waals surface area contributed by atoms with E-state index in [1.165, 1.54) is 6.08 Å². The Hall–Kier alpha value is -2.11. The number of esters is 1. The third-order valence-corrected chi connectivity index (χ3v) is 5.30. The highest BCUT2D eigenvalue weighted by Crippen LogP contribution is 2.24. The van der Waals surface area contributed by atoms with E-state index in [1.807, 2.05) is 31.2 Å². The van der Waals surface area contributed by atoms with Crippen LogP contribution in [0.5, 0.6) is 0 Å². The van der Waals surface area contributed by atoms with Crippen molar-refractivity contribution < 1.29 is 14.3 Å². The Morgan fingerprint density at radius 3 is 2.85 bits per heavy atom. The SMILES string of the molecule is Cc1nn(Cc2ccccc2Cl)c(Cl)c1/C=C/C(=O)O[C@H]1CCCCC1=O. The molecule has 1 saturated carbocycles. The Balaban J connectivity index is 1.70. The van der Waals surface area contributed by atoms with Gasteiger partial charge in [-0.1, -0.05) is 41.4 Å². The van der Waals surface area contributed by atoms with Crippen LogP contribution in [0.2, 0.25) is 10.2 Å². The first kappa shape index (κ1) is 19.6. The van der Waals surface area contributed by atoms with Gasteiger partial charge in [0.05, 0.1) is 12.2 Å². The predicted octanol–water partition coefficient (Wildman–Crippen LogP) is 4.61. The smallest absolute Gasteiger partial charge is 0.331 e. The molecule has 7 heteroatoms. The molecule has 1 fully saturated rings. The number of ketones is 1. The number of nitrogens with zero attached hydrogens (tertiary/aromatic N) is 2. The van der Waals surface area contributed by atoms with Crippen LogP contribution in [0.4, 0.5) is 0 Å². The lowest BCUT2D eigenvalue weighted by Gasteiger charge is -2.19. The maximum atomic E-state index is 12.0. The van der Waals surface area contributed by atoms with Crippen molar-refractivity contribution >= 4 is 41.0 Å². The third kappa shape index (κ3) is 4.79. The van der Waals surface area contributed by atoms with E-state index in [2.05, 4.69) is 5.10 Å². The van der Waals surface area contributed by atoms with E-state index in [0.717, 1.165) is 18.4 Å². The number of ether oxygens (including phenoxy) is 1. The highest BCUT2D eigenvalue weighted by Gasteiger charge is 2.25. The van der Waals surface area contributed by atoms with Crippen LogP contribution in [0.25, 0.3) is 6.08 Å². The van der Waals surface area contributed by atoms with E-state index < -0.39 is 12.1 Å². The summed E-state index contributed by atoms with van der Waals surface area (Å²) in [6.45, 7) is 2.23. The minimum atomic E-state index is -0.629. The average Bonchev–Trinajstić information content (AvgIpc) is 2.90. The van der Waals surface area contributed by atoms with Crippen molar-refractivity contribution in [2.24, 2.45) is 0 Å². The molecule has 0 saturated heterocycles. The summed E-state index contributed by atoms with van der Waals surface area (Å²) in [4.78, 5) is 23.8. The fourth-order valence-electron chi connectivity index (χ4n) is 3.06. The van der Waals surface area contributed by atoms with Gasteiger partial charge >= 0.3 is 5.97 Å². The molecule has 0 spiro atoms. The van der Waals surface area contributed by atoms with Crippen LogP contribution in [0.3, 0.4) is 0 Å². The average molecular weight is 407 g/mol. The summed E-state index contributed by atoms with van der Waals surface area (Å²) in [7, 11) is 0. The number of rotatable bonds is 5. The molecule has 1 aromatic heterocycles. The van der Waals surface area contributed by atoms with Crippen LogP contribution in [0.15, 0.2) is 30.3 Å². The quantitative estimate of drug-likeness (QED) is 0.536. The molecule has 0 amide bonds. The van der Waals surface area contributed by atoms with Crippen molar-refractivity contribution in [1.82, 2.24) is 9.78 Å². The second-order valence-electron chi connectivity index (χ2n) is 6.51. The van der Waals surface area contributed by atoms with Crippen LogP contribution in [0.1, 0.15) is 42.5 Å². The number of aryl methyl sites for hydroxylation is 1. The summed E-state index contributed by atoms with van der Waals surface area (Å²) < 4.78 is 6.89. The number of benzene rings is 1. The topological polar surface area (TPSA) is 61.2 Å². The summed E-state index contributed by atoms with van der Waals surface area (Å²) in [6.07, 6.45) is 5.06. The van der Waals surface area contributed by atoms with Crippen molar-refractivity contribution in [2.75, 3.05) is 0 Å². The fraction of sp³-hybridized carbons (Fsp3) is 0.350. The Morgan fingerprint density at radius 1 is 1.33 bits per heavy atom. The van der Waals surface area contributed by atoms with Crippen molar-refractivity contribution in [1.29, 1.82) is 0 Å². The van der Waals surface area contributed by atoms with Crippen LogP contribution >= 0.6 is 23.2 Å². The Labute approximate surface area is 167 Å². The van der Waals surface area contributed by atoms with Crippen molar-refractivity contribution in [3.05, 3.63) is 57.3 Å². The van der Waals surface area contributed by atoms with Crippen LogP contribution in [0, 0.1) is 6.92 Å². The molecule has 0 bridgehead atoms. The highest BCUT2D eigenvalue weighted by atomic mass is 35.5. The molecular formula is C20H20Cl2N2O3. The maximum absolute atomic E-state index is 12.0. The molecule has 0 unspecified atom stereocenters. The standard InChI is InChI=1S/C20H20Cl2N2O3/c1-13-15(10-11-19(26)27-18-9-5-4-8-17(18)25)20(22)24(23-13)12-14-6-2-3-7-16(14)21/h2-3,6-7,10-11,18H,4-5,8-9,12H2,1H3/b11-10+/t18-/m0/s1.